The number of aliphatic hydroxyl groups is 1. The molecule has 0 aromatic heterocycles. The maximum atomic E-state index is 13.7. The fraction of sp³-hybridized carbons (Fsp3) is 0.323. The summed E-state index contributed by atoms with van der Waals surface area (Å²) < 4.78 is 0. The molecule has 1 fully saturated rings. The Kier molecular flexibility index (Phi) is 8.70. The van der Waals surface area contributed by atoms with Crippen molar-refractivity contribution in [1.29, 1.82) is 0 Å². The number of benzene rings is 3. The summed E-state index contributed by atoms with van der Waals surface area (Å²) in [6.45, 7) is 7.21. The predicted molar refractivity (Wildman–Crippen MR) is 150 cm³/mol. The van der Waals surface area contributed by atoms with E-state index in [0.29, 0.717) is 6.54 Å². The van der Waals surface area contributed by atoms with Crippen LogP contribution < -0.4 is 4.90 Å². The first kappa shape index (κ1) is 25.8. The van der Waals surface area contributed by atoms with Crippen molar-refractivity contribution < 1.29 is 9.90 Å². The van der Waals surface area contributed by atoms with Crippen molar-refractivity contribution in [2.45, 2.75) is 13.5 Å². The van der Waals surface area contributed by atoms with Crippen molar-refractivity contribution in [1.82, 2.24) is 9.80 Å². The number of carbonyl (C=O) groups excluding carboxylic acids is 1. The van der Waals surface area contributed by atoms with Crippen LogP contribution in [0.4, 0.5) is 5.69 Å². The van der Waals surface area contributed by atoms with Crippen LogP contribution in [0.5, 0.6) is 0 Å². The number of rotatable bonds is 9. The van der Waals surface area contributed by atoms with Gasteiger partial charge in [0.25, 0.3) is 0 Å². The summed E-state index contributed by atoms with van der Waals surface area (Å²) in [6.07, 6.45) is 3.67. The van der Waals surface area contributed by atoms with Gasteiger partial charge in [0.1, 0.15) is 0 Å². The average molecular weight is 484 g/mol. The molecular weight excluding hydrogens is 446 g/mol. The number of ketones is 1. The number of aryl methyl sites for hydroxylation is 1. The molecule has 0 aliphatic carbocycles. The number of anilines is 1. The van der Waals surface area contributed by atoms with Gasteiger partial charge in [-0.15, -0.1) is 0 Å². The van der Waals surface area contributed by atoms with Crippen LogP contribution in [0.25, 0.3) is 17.2 Å². The second-order valence-corrected chi connectivity index (χ2v) is 9.73. The molecule has 4 rings (SSSR count). The molecule has 5 nitrogen and oxygen atoms in total. The van der Waals surface area contributed by atoms with Crippen LogP contribution in [0.2, 0.25) is 0 Å². The maximum Gasteiger partial charge on any atom is 0.187 e. The van der Waals surface area contributed by atoms with E-state index < -0.39 is 0 Å². The van der Waals surface area contributed by atoms with E-state index in [0.717, 1.165) is 60.7 Å². The first-order chi connectivity index (χ1) is 17.5. The fourth-order valence-electron chi connectivity index (χ4n) is 4.86. The molecular formula is C31H37N3O2. The van der Waals surface area contributed by atoms with Crippen LogP contribution in [-0.4, -0.2) is 74.1 Å². The summed E-state index contributed by atoms with van der Waals surface area (Å²) in [7, 11) is 4.10. The van der Waals surface area contributed by atoms with Gasteiger partial charge in [-0.1, -0.05) is 60.7 Å². The lowest BCUT2D eigenvalue weighted by molar-refractivity contribution is 0.104. The van der Waals surface area contributed by atoms with Crippen molar-refractivity contribution in [2.24, 2.45) is 0 Å². The van der Waals surface area contributed by atoms with Gasteiger partial charge in [0.15, 0.2) is 5.78 Å². The van der Waals surface area contributed by atoms with E-state index in [2.05, 4.69) is 78.2 Å². The molecule has 0 saturated carbocycles. The molecule has 36 heavy (non-hydrogen) atoms. The van der Waals surface area contributed by atoms with Crippen LogP contribution in [0.3, 0.4) is 0 Å². The zero-order valence-corrected chi connectivity index (χ0v) is 21.7. The van der Waals surface area contributed by atoms with Crippen molar-refractivity contribution in [2.75, 3.05) is 58.3 Å². The van der Waals surface area contributed by atoms with E-state index in [-0.39, 0.29) is 12.4 Å². The first-order valence-corrected chi connectivity index (χ1v) is 12.7. The van der Waals surface area contributed by atoms with Crippen LogP contribution in [0.1, 0.15) is 27.0 Å². The molecule has 0 atom stereocenters. The van der Waals surface area contributed by atoms with Gasteiger partial charge in [0.2, 0.25) is 0 Å². The molecule has 0 bridgehead atoms. The van der Waals surface area contributed by atoms with Gasteiger partial charge in [-0.2, -0.15) is 0 Å². The molecule has 0 radical (unpaired) electrons. The largest absolute Gasteiger partial charge is 0.395 e. The van der Waals surface area contributed by atoms with E-state index in [1.807, 2.05) is 30.3 Å². The van der Waals surface area contributed by atoms with Crippen molar-refractivity contribution in [3.05, 3.63) is 95.1 Å². The van der Waals surface area contributed by atoms with Gasteiger partial charge >= 0.3 is 0 Å². The van der Waals surface area contributed by atoms with Crippen LogP contribution in [0.15, 0.2) is 72.8 Å². The number of β-amino-alcohol motifs (C(OH)–C–C–N with tert-alkyl or cyclic N) is 1. The second kappa shape index (κ2) is 12.1. The van der Waals surface area contributed by atoms with Gasteiger partial charge in [0.05, 0.1) is 6.61 Å². The third kappa shape index (κ3) is 6.30. The summed E-state index contributed by atoms with van der Waals surface area (Å²) in [5.41, 5.74) is 7.36. The number of aliphatic hydroxyl groups excluding tert-OH is 1. The Morgan fingerprint density at radius 2 is 1.69 bits per heavy atom. The zero-order valence-electron chi connectivity index (χ0n) is 21.7. The Labute approximate surface area is 215 Å². The van der Waals surface area contributed by atoms with Crippen LogP contribution in [0, 0.1) is 6.92 Å². The highest BCUT2D eigenvalue weighted by Crippen LogP contribution is 2.31. The molecule has 3 aromatic rings. The summed E-state index contributed by atoms with van der Waals surface area (Å²) in [5.74, 6) is 0.0119. The van der Waals surface area contributed by atoms with Crippen molar-refractivity contribution in [3.63, 3.8) is 0 Å². The Hall–Kier alpha value is -3.25. The summed E-state index contributed by atoms with van der Waals surface area (Å²) >= 11 is 0. The molecule has 0 amide bonds. The normalized spacial score (nSPS) is 14.6. The smallest absolute Gasteiger partial charge is 0.187 e. The Balaban J connectivity index is 1.67. The molecule has 0 spiro atoms. The SMILES string of the molecule is Cc1ccccc1-c1ccc(N2CCN(CCO)CC2)c(C(=O)C=Cc2ccccc2CN(C)C)c1. The van der Waals surface area contributed by atoms with Gasteiger partial charge < -0.3 is 14.9 Å². The Morgan fingerprint density at radius 1 is 0.972 bits per heavy atom. The van der Waals surface area contributed by atoms with Gasteiger partial charge in [-0.3, -0.25) is 9.69 Å². The second-order valence-electron chi connectivity index (χ2n) is 9.73. The highest BCUT2D eigenvalue weighted by atomic mass is 16.3. The topological polar surface area (TPSA) is 47.0 Å². The molecule has 3 aromatic carbocycles. The molecule has 5 heteroatoms. The van der Waals surface area contributed by atoms with Crippen molar-refractivity contribution >= 4 is 17.5 Å². The number of nitrogens with zero attached hydrogens (tertiary/aromatic N) is 3. The molecule has 1 aliphatic heterocycles. The molecule has 0 unspecified atom stereocenters. The summed E-state index contributed by atoms with van der Waals surface area (Å²) in [5, 5.41) is 9.29. The fourth-order valence-corrected chi connectivity index (χ4v) is 4.86. The maximum absolute atomic E-state index is 13.7. The third-order valence-electron chi connectivity index (χ3n) is 6.80. The summed E-state index contributed by atoms with van der Waals surface area (Å²) in [4.78, 5) is 20.4. The number of carbonyl (C=O) groups is 1. The number of hydrogen-bond acceptors (Lipinski definition) is 5. The predicted octanol–water partition coefficient (Wildman–Crippen LogP) is 4.73. The minimum atomic E-state index is 0.0119. The van der Waals surface area contributed by atoms with Gasteiger partial charge in [-0.25, -0.2) is 0 Å². The van der Waals surface area contributed by atoms with Crippen LogP contribution >= 0.6 is 0 Å². The molecule has 1 heterocycles. The highest BCUT2D eigenvalue weighted by Gasteiger charge is 2.21. The third-order valence-corrected chi connectivity index (χ3v) is 6.80. The average Bonchev–Trinajstić information content (AvgIpc) is 2.88. The van der Waals surface area contributed by atoms with E-state index in [4.69, 9.17) is 0 Å². The Morgan fingerprint density at radius 3 is 2.42 bits per heavy atom. The van der Waals surface area contributed by atoms with E-state index in [1.54, 1.807) is 6.08 Å². The number of piperazine rings is 1. The molecule has 1 saturated heterocycles. The lowest BCUT2D eigenvalue weighted by atomic mass is 9.95. The van der Waals surface area contributed by atoms with Crippen molar-refractivity contribution in [3.8, 4) is 11.1 Å². The minimum Gasteiger partial charge on any atom is -0.395 e. The lowest BCUT2D eigenvalue weighted by Gasteiger charge is -2.36. The monoisotopic (exact) mass is 483 g/mol. The minimum absolute atomic E-state index is 0.0119. The quantitative estimate of drug-likeness (QED) is 0.352. The highest BCUT2D eigenvalue weighted by molar-refractivity contribution is 6.11. The Bertz CT molecular complexity index is 1210. The summed E-state index contributed by atoms with van der Waals surface area (Å²) in [6, 6.07) is 22.8. The molecule has 1 N–H and O–H groups in total. The standard InChI is InChI=1S/C31H37N3O2/c1-24-8-4-7-11-28(24)26-12-14-30(34-18-16-33(17-19-34)20-21-35)29(22-26)31(36)15-13-25-9-5-6-10-27(25)23-32(2)3/h4-15,22,35H,16-21,23H2,1-3H3. The lowest BCUT2D eigenvalue weighted by Crippen LogP contribution is -2.47. The number of hydrogen-bond donors (Lipinski definition) is 1. The van der Waals surface area contributed by atoms with Gasteiger partial charge in [-0.05, 0) is 67.0 Å². The first-order valence-electron chi connectivity index (χ1n) is 12.7. The number of allylic oxidation sites excluding steroid dienone is 1. The van der Waals surface area contributed by atoms with Gasteiger partial charge in [0, 0.05) is 50.5 Å². The zero-order chi connectivity index (χ0) is 25.5. The van der Waals surface area contributed by atoms with E-state index >= 15 is 0 Å². The molecule has 1 aliphatic rings. The van der Waals surface area contributed by atoms with Crippen LogP contribution in [-0.2, 0) is 6.54 Å². The van der Waals surface area contributed by atoms with E-state index in [9.17, 15) is 9.90 Å². The molecule has 188 valence electrons. The van der Waals surface area contributed by atoms with E-state index in [1.165, 1.54) is 11.1 Å².